The summed E-state index contributed by atoms with van der Waals surface area (Å²) in [6.45, 7) is 4.39. The van der Waals surface area contributed by atoms with Crippen molar-refractivity contribution in [2.75, 3.05) is 26.3 Å². The molecule has 5 nitrogen and oxygen atoms in total. The lowest BCUT2D eigenvalue weighted by Crippen LogP contribution is -2.36. The number of ether oxygens (including phenoxy) is 1. The summed E-state index contributed by atoms with van der Waals surface area (Å²) in [5, 5.41) is 2.62. The number of carbonyl (C=O) groups is 2. The summed E-state index contributed by atoms with van der Waals surface area (Å²) >= 11 is 0. The SMILES string of the molecule is CC1=CC(=O)/C(=C/N2CCOCC2)C(=O)N1. The second-order valence-electron chi connectivity index (χ2n) is 3.84. The Labute approximate surface area is 93.7 Å². The number of amides is 1. The van der Waals surface area contributed by atoms with Crippen LogP contribution in [0.1, 0.15) is 6.92 Å². The normalized spacial score (nSPS) is 24.4. The molecule has 0 atom stereocenters. The number of nitrogens with one attached hydrogen (secondary N) is 1. The third-order valence-electron chi connectivity index (χ3n) is 2.53. The zero-order chi connectivity index (χ0) is 11.5. The molecule has 0 aromatic rings. The molecule has 0 radical (unpaired) electrons. The lowest BCUT2D eigenvalue weighted by Gasteiger charge is -2.26. The van der Waals surface area contributed by atoms with Crippen molar-refractivity contribution < 1.29 is 14.3 Å². The number of hydrogen-bond donors (Lipinski definition) is 1. The van der Waals surface area contributed by atoms with E-state index in [-0.39, 0.29) is 17.3 Å². The molecular weight excluding hydrogens is 208 g/mol. The van der Waals surface area contributed by atoms with E-state index in [4.69, 9.17) is 4.74 Å². The summed E-state index contributed by atoms with van der Waals surface area (Å²) in [5.41, 5.74) is 0.793. The third-order valence-corrected chi connectivity index (χ3v) is 2.53. The van der Waals surface area contributed by atoms with Crippen LogP contribution in [0.5, 0.6) is 0 Å². The van der Waals surface area contributed by atoms with E-state index in [9.17, 15) is 9.59 Å². The summed E-state index contributed by atoms with van der Waals surface area (Å²) in [5.74, 6) is -0.552. The van der Waals surface area contributed by atoms with Crippen LogP contribution in [0.3, 0.4) is 0 Å². The molecule has 1 saturated heterocycles. The van der Waals surface area contributed by atoms with Gasteiger partial charge in [0.15, 0.2) is 5.78 Å². The Bertz CT molecular complexity index is 379. The van der Waals surface area contributed by atoms with E-state index in [1.807, 2.05) is 4.90 Å². The van der Waals surface area contributed by atoms with E-state index >= 15 is 0 Å². The third kappa shape index (κ3) is 2.30. The summed E-state index contributed by atoms with van der Waals surface area (Å²) in [4.78, 5) is 25.2. The fourth-order valence-corrected chi connectivity index (χ4v) is 1.68. The molecule has 1 amide bonds. The molecule has 16 heavy (non-hydrogen) atoms. The van der Waals surface area contributed by atoms with Gasteiger partial charge in [-0.25, -0.2) is 0 Å². The maximum absolute atomic E-state index is 11.6. The van der Waals surface area contributed by atoms with Crippen molar-refractivity contribution in [2.24, 2.45) is 0 Å². The Hall–Kier alpha value is -1.62. The first-order chi connectivity index (χ1) is 7.66. The second kappa shape index (κ2) is 4.49. The Balaban J connectivity index is 2.16. The lowest BCUT2D eigenvalue weighted by molar-refractivity contribution is -0.121. The zero-order valence-electron chi connectivity index (χ0n) is 9.16. The molecule has 0 aliphatic carbocycles. The highest BCUT2D eigenvalue weighted by Gasteiger charge is 2.23. The molecule has 2 aliphatic rings. The predicted molar refractivity (Wildman–Crippen MR) is 57.4 cm³/mol. The van der Waals surface area contributed by atoms with Crippen LogP contribution in [0, 0.1) is 0 Å². The average Bonchev–Trinajstić information content (AvgIpc) is 2.25. The standard InChI is InChI=1S/C11H14N2O3/c1-8-6-10(14)9(11(15)12-8)7-13-2-4-16-5-3-13/h6-7H,2-5H2,1H3,(H,12,15)/b9-7-. The first-order valence-corrected chi connectivity index (χ1v) is 5.24. The first-order valence-electron chi connectivity index (χ1n) is 5.24. The van der Waals surface area contributed by atoms with Crippen LogP contribution in [0.2, 0.25) is 0 Å². The molecule has 0 saturated carbocycles. The minimum atomic E-state index is -0.323. The van der Waals surface area contributed by atoms with Crippen LogP contribution in [0.15, 0.2) is 23.5 Å². The van der Waals surface area contributed by atoms with Crippen molar-refractivity contribution >= 4 is 11.7 Å². The first kappa shape index (κ1) is 10.9. The molecular formula is C11H14N2O3. The molecule has 0 bridgehead atoms. The number of ketones is 1. The molecule has 2 aliphatic heterocycles. The Morgan fingerprint density at radius 1 is 1.38 bits per heavy atom. The van der Waals surface area contributed by atoms with E-state index in [0.29, 0.717) is 32.0 Å². The van der Waals surface area contributed by atoms with Crippen molar-refractivity contribution in [3.05, 3.63) is 23.5 Å². The number of allylic oxidation sites excluding steroid dienone is 2. The highest BCUT2D eigenvalue weighted by atomic mass is 16.5. The summed E-state index contributed by atoms with van der Waals surface area (Å²) in [7, 11) is 0. The van der Waals surface area contributed by atoms with Gasteiger partial charge in [-0.2, -0.15) is 0 Å². The van der Waals surface area contributed by atoms with E-state index in [0.717, 1.165) is 0 Å². The van der Waals surface area contributed by atoms with Crippen LogP contribution >= 0.6 is 0 Å². The van der Waals surface area contributed by atoms with Gasteiger partial charge in [0.05, 0.1) is 13.2 Å². The van der Waals surface area contributed by atoms with Crippen molar-refractivity contribution in [1.29, 1.82) is 0 Å². The lowest BCUT2D eigenvalue weighted by atomic mass is 10.1. The molecule has 1 N–H and O–H groups in total. The fraction of sp³-hybridized carbons (Fsp3) is 0.455. The summed E-state index contributed by atoms with van der Waals surface area (Å²) in [6, 6.07) is 0. The highest BCUT2D eigenvalue weighted by Crippen LogP contribution is 2.10. The van der Waals surface area contributed by atoms with Gasteiger partial charge in [0.2, 0.25) is 0 Å². The fourth-order valence-electron chi connectivity index (χ4n) is 1.68. The highest BCUT2D eigenvalue weighted by molar-refractivity contribution is 6.25. The van der Waals surface area contributed by atoms with Gasteiger partial charge >= 0.3 is 0 Å². The van der Waals surface area contributed by atoms with Crippen LogP contribution in [-0.4, -0.2) is 42.9 Å². The van der Waals surface area contributed by atoms with Gasteiger partial charge in [0.25, 0.3) is 5.91 Å². The van der Waals surface area contributed by atoms with Crippen LogP contribution in [0.4, 0.5) is 0 Å². The Morgan fingerprint density at radius 3 is 2.69 bits per heavy atom. The molecule has 0 unspecified atom stereocenters. The summed E-state index contributed by atoms with van der Waals surface area (Å²) < 4.78 is 5.19. The van der Waals surface area contributed by atoms with Crippen molar-refractivity contribution in [1.82, 2.24) is 10.2 Å². The summed E-state index contributed by atoms with van der Waals surface area (Å²) in [6.07, 6.45) is 3.07. The van der Waals surface area contributed by atoms with Gasteiger partial charge in [-0.3, -0.25) is 9.59 Å². The molecule has 2 heterocycles. The topological polar surface area (TPSA) is 58.6 Å². The molecule has 5 heteroatoms. The smallest absolute Gasteiger partial charge is 0.260 e. The molecule has 0 aromatic carbocycles. The average molecular weight is 222 g/mol. The van der Waals surface area contributed by atoms with Gasteiger partial charge in [-0.1, -0.05) is 0 Å². The monoisotopic (exact) mass is 222 g/mol. The van der Waals surface area contributed by atoms with Crippen molar-refractivity contribution in [3.63, 3.8) is 0 Å². The quantitative estimate of drug-likeness (QED) is 0.493. The Kier molecular flexibility index (Phi) is 3.05. The van der Waals surface area contributed by atoms with Gasteiger partial charge < -0.3 is 15.0 Å². The van der Waals surface area contributed by atoms with E-state index < -0.39 is 0 Å². The van der Waals surface area contributed by atoms with Gasteiger partial charge in [0, 0.05) is 31.1 Å². The van der Waals surface area contributed by atoms with Gasteiger partial charge in [0.1, 0.15) is 5.57 Å². The second-order valence-corrected chi connectivity index (χ2v) is 3.84. The van der Waals surface area contributed by atoms with Crippen molar-refractivity contribution in [2.45, 2.75) is 6.92 Å². The number of carbonyl (C=O) groups excluding carboxylic acids is 2. The number of nitrogens with zero attached hydrogens (tertiary/aromatic N) is 1. The van der Waals surface area contributed by atoms with Crippen LogP contribution in [-0.2, 0) is 14.3 Å². The van der Waals surface area contributed by atoms with E-state index in [1.54, 1.807) is 13.1 Å². The van der Waals surface area contributed by atoms with Crippen molar-refractivity contribution in [3.8, 4) is 0 Å². The van der Waals surface area contributed by atoms with Gasteiger partial charge in [-0.15, -0.1) is 0 Å². The molecule has 86 valence electrons. The maximum atomic E-state index is 11.6. The van der Waals surface area contributed by atoms with E-state index in [1.165, 1.54) is 6.08 Å². The predicted octanol–water partition coefficient (Wildman–Crippen LogP) is -0.195. The number of hydrogen-bond acceptors (Lipinski definition) is 4. The minimum Gasteiger partial charge on any atom is -0.378 e. The zero-order valence-corrected chi connectivity index (χ0v) is 9.16. The number of rotatable bonds is 1. The number of morpholine rings is 1. The van der Waals surface area contributed by atoms with Crippen LogP contribution < -0.4 is 5.32 Å². The molecule has 0 spiro atoms. The Morgan fingerprint density at radius 2 is 2.06 bits per heavy atom. The maximum Gasteiger partial charge on any atom is 0.260 e. The van der Waals surface area contributed by atoms with E-state index in [2.05, 4.69) is 5.32 Å². The van der Waals surface area contributed by atoms with Gasteiger partial charge in [-0.05, 0) is 6.92 Å². The largest absolute Gasteiger partial charge is 0.378 e. The van der Waals surface area contributed by atoms with Crippen LogP contribution in [0.25, 0.3) is 0 Å². The molecule has 1 fully saturated rings. The molecule has 0 aromatic heterocycles. The molecule has 2 rings (SSSR count). The minimum absolute atomic E-state index is 0.201.